The Hall–Kier alpha value is -2.69. The van der Waals surface area contributed by atoms with Crippen molar-refractivity contribution in [2.75, 3.05) is 6.61 Å². The maximum Gasteiger partial charge on any atom is 0.207 e. The van der Waals surface area contributed by atoms with Crippen LogP contribution in [0.25, 0.3) is 0 Å². The lowest BCUT2D eigenvalue weighted by molar-refractivity contribution is 0.0916. The molecule has 0 amide bonds. The number of ketones is 1. The van der Waals surface area contributed by atoms with Crippen molar-refractivity contribution in [2.24, 2.45) is 0 Å². The van der Waals surface area contributed by atoms with Crippen molar-refractivity contribution in [3.63, 3.8) is 0 Å². The third-order valence-electron chi connectivity index (χ3n) is 3.45. The number of rotatable bonds is 4. The first-order valence-corrected chi connectivity index (χ1v) is 7.20. The molecule has 2 aromatic carbocycles. The zero-order valence-electron chi connectivity index (χ0n) is 13.3. The third kappa shape index (κ3) is 3.94. The van der Waals surface area contributed by atoms with E-state index in [0.717, 1.165) is 17.7 Å². The fourth-order valence-corrected chi connectivity index (χ4v) is 2.16. The van der Waals surface area contributed by atoms with Crippen LogP contribution in [0.15, 0.2) is 36.4 Å². The molecule has 0 atom stereocenters. The second-order valence-corrected chi connectivity index (χ2v) is 6.35. The van der Waals surface area contributed by atoms with Crippen molar-refractivity contribution in [1.29, 1.82) is 0 Å². The minimum atomic E-state index is -0.583. The van der Waals surface area contributed by atoms with Crippen LogP contribution in [-0.2, 0) is 5.41 Å². The van der Waals surface area contributed by atoms with Gasteiger partial charge in [-0.1, -0.05) is 32.9 Å². The summed E-state index contributed by atoms with van der Waals surface area (Å²) < 4.78 is 5.40. The van der Waals surface area contributed by atoms with Crippen LogP contribution in [0, 0.1) is 0 Å². The number of phenols is 3. The van der Waals surface area contributed by atoms with Gasteiger partial charge in [-0.15, -0.1) is 0 Å². The molecule has 0 radical (unpaired) electrons. The number of hydrogen-bond acceptors (Lipinski definition) is 5. The van der Waals surface area contributed by atoms with Gasteiger partial charge in [-0.3, -0.25) is 4.79 Å². The van der Waals surface area contributed by atoms with Crippen molar-refractivity contribution >= 4 is 5.78 Å². The number of carbonyl (C=O) groups is 1. The fraction of sp³-hybridized carbons (Fsp3) is 0.278. The fourth-order valence-electron chi connectivity index (χ4n) is 2.16. The van der Waals surface area contributed by atoms with Gasteiger partial charge in [0.15, 0.2) is 6.61 Å². The van der Waals surface area contributed by atoms with E-state index in [0.29, 0.717) is 5.75 Å². The first kappa shape index (κ1) is 16.7. The number of hydrogen-bond donors (Lipinski definition) is 3. The average molecular weight is 316 g/mol. The SMILES string of the molecule is CC(C)(C)c1ccc(OCC(=O)c2c(O)cc(O)cc2O)cc1. The molecule has 0 bridgehead atoms. The van der Waals surface area contributed by atoms with Gasteiger partial charge in [-0.2, -0.15) is 0 Å². The molecule has 0 aliphatic carbocycles. The molecular weight excluding hydrogens is 296 g/mol. The van der Waals surface area contributed by atoms with Crippen LogP contribution in [-0.4, -0.2) is 27.7 Å². The lowest BCUT2D eigenvalue weighted by Crippen LogP contribution is -2.13. The number of aromatic hydroxyl groups is 3. The maximum absolute atomic E-state index is 12.1. The van der Waals surface area contributed by atoms with Gasteiger partial charge in [0.2, 0.25) is 5.78 Å². The molecule has 5 nitrogen and oxygen atoms in total. The minimum absolute atomic E-state index is 0.0258. The van der Waals surface area contributed by atoms with Gasteiger partial charge in [0.05, 0.1) is 0 Å². The van der Waals surface area contributed by atoms with E-state index in [1.165, 1.54) is 0 Å². The summed E-state index contributed by atoms with van der Waals surface area (Å²) in [5.41, 5.74) is 0.900. The lowest BCUT2D eigenvalue weighted by atomic mass is 9.87. The van der Waals surface area contributed by atoms with Crippen LogP contribution in [0.5, 0.6) is 23.0 Å². The molecule has 0 heterocycles. The summed E-state index contributed by atoms with van der Waals surface area (Å²) in [5, 5.41) is 28.6. The molecule has 122 valence electrons. The van der Waals surface area contributed by atoms with Crippen LogP contribution in [0.2, 0.25) is 0 Å². The van der Waals surface area contributed by atoms with Gasteiger partial charge >= 0.3 is 0 Å². The van der Waals surface area contributed by atoms with Crippen LogP contribution < -0.4 is 4.74 Å². The molecule has 3 N–H and O–H groups in total. The Morgan fingerprint density at radius 2 is 1.52 bits per heavy atom. The highest BCUT2D eigenvalue weighted by Gasteiger charge is 2.18. The lowest BCUT2D eigenvalue weighted by Gasteiger charge is -2.19. The Balaban J connectivity index is 2.08. The molecule has 5 heteroatoms. The average Bonchev–Trinajstić information content (AvgIpc) is 2.43. The van der Waals surface area contributed by atoms with Gasteiger partial charge < -0.3 is 20.1 Å². The topological polar surface area (TPSA) is 87.0 Å². The minimum Gasteiger partial charge on any atom is -0.508 e. The third-order valence-corrected chi connectivity index (χ3v) is 3.45. The summed E-state index contributed by atoms with van der Waals surface area (Å²) in [4.78, 5) is 12.1. The predicted octanol–water partition coefficient (Wildman–Crippen LogP) is 3.36. The number of phenolic OH excluding ortho intramolecular Hbond substituents is 3. The second-order valence-electron chi connectivity index (χ2n) is 6.35. The van der Waals surface area contributed by atoms with Crippen molar-refractivity contribution in [1.82, 2.24) is 0 Å². The quantitative estimate of drug-likeness (QED) is 0.753. The van der Waals surface area contributed by atoms with Gasteiger partial charge in [-0.05, 0) is 23.1 Å². The summed E-state index contributed by atoms with van der Waals surface area (Å²) in [6.07, 6.45) is 0. The first-order valence-electron chi connectivity index (χ1n) is 7.20. The molecular formula is C18H20O5. The van der Waals surface area contributed by atoms with E-state index in [4.69, 9.17) is 4.74 Å². The van der Waals surface area contributed by atoms with Crippen molar-refractivity contribution in [2.45, 2.75) is 26.2 Å². The zero-order valence-corrected chi connectivity index (χ0v) is 13.3. The Morgan fingerprint density at radius 1 is 1.00 bits per heavy atom. The highest BCUT2D eigenvalue weighted by atomic mass is 16.5. The molecule has 2 aromatic rings. The van der Waals surface area contributed by atoms with Crippen LogP contribution in [0.3, 0.4) is 0 Å². The van der Waals surface area contributed by atoms with Gasteiger partial charge in [0.1, 0.15) is 28.6 Å². The molecule has 0 aromatic heterocycles. The van der Waals surface area contributed by atoms with Crippen LogP contribution >= 0.6 is 0 Å². The summed E-state index contributed by atoms with van der Waals surface area (Å²) in [7, 11) is 0. The predicted molar refractivity (Wildman–Crippen MR) is 86.4 cm³/mol. The molecule has 0 unspecified atom stereocenters. The zero-order chi connectivity index (χ0) is 17.2. The molecule has 0 saturated heterocycles. The molecule has 2 rings (SSSR count). The van der Waals surface area contributed by atoms with Crippen molar-refractivity contribution < 1.29 is 24.9 Å². The van der Waals surface area contributed by atoms with Crippen molar-refractivity contribution in [3.8, 4) is 23.0 Å². The monoisotopic (exact) mass is 316 g/mol. The molecule has 0 fully saturated rings. The maximum atomic E-state index is 12.1. The Labute approximate surface area is 134 Å². The smallest absolute Gasteiger partial charge is 0.207 e. The Morgan fingerprint density at radius 3 is 2.00 bits per heavy atom. The number of Topliss-reactive ketones (excluding diaryl/α,β-unsaturated/α-hetero) is 1. The summed E-state index contributed by atoms with van der Waals surface area (Å²) in [6.45, 7) is 5.97. The van der Waals surface area contributed by atoms with Crippen LogP contribution in [0.4, 0.5) is 0 Å². The summed E-state index contributed by atoms with van der Waals surface area (Å²) in [5.74, 6) is -1.36. The van der Waals surface area contributed by atoms with E-state index in [9.17, 15) is 20.1 Å². The largest absolute Gasteiger partial charge is 0.508 e. The van der Waals surface area contributed by atoms with Gasteiger partial charge in [0.25, 0.3) is 0 Å². The van der Waals surface area contributed by atoms with E-state index in [1.807, 2.05) is 12.1 Å². The van der Waals surface area contributed by atoms with Crippen LogP contribution in [0.1, 0.15) is 36.7 Å². The Bertz CT molecular complexity index is 688. The van der Waals surface area contributed by atoms with E-state index in [2.05, 4.69) is 20.8 Å². The number of benzene rings is 2. The molecule has 0 aliphatic rings. The summed E-state index contributed by atoms with van der Waals surface area (Å²) in [6, 6.07) is 9.37. The molecule has 0 aliphatic heterocycles. The first-order chi connectivity index (χ1) is 10.7. The number of carbonyl (C=O) groups excluding carboxylic acids is 1. The van der Waals surface area contributed by atoms with Gasteiger partial charge in [0, 0.05) is 12.1 Å². The van der Waals surface area contributed by atoms with E-state index < -0.39 is 17.3 Å². The normalized spacial score (nSPS) is 11.3. The van der Waals surface area contributed by atoms with E-state index in [-0.39, 0.29) is 23.3 Å². The summed E-state index contributed by atoms with van der Waals surface area (Å²) >= 11 is 0. The molecule has 0 saturated carbocycles. The number of ether oxygens (including phenoxy) is 1. The standard InChI is InChI=1S/C18H20O5/c1-18(2,3)11-4-6-13(7-5-11)23-10-16(22)17-14(20)8-12(19)9-15(17)21/h4-9,19-21H,10H2,1-3H3. The highest BCUT2D eigenvalue weighted by molar-refractivity contribution is 6.02. The Kier molecular flexibility index (Phi) is 4.50. The molecule has 23 heavy (non-hydrogen) atoms. The highest BCUT2D eigenvalue weighted by Crippen LogP contribution is 2.32. The van der Waals surface area contributed by atoms with Gasteiger partial charge in [-0.25, -0.2) is 0 Å². The van der Waals surface area contributed by atoms with Crippen molar-refractivity contribution in [3.05, 3.63) is 47.5 Å². The van der Waals surface area contributed by atoms with E-state index in [1.54, 1.807) is 12.1 Å². The van der Waals surface area contributed by atoms with E-state index >= 15 is 0 Å². The molecule has 0 spiro atoms. The second kappa shape index (κ2) is 6.20.